The number of hydrogen-bond donors (Lipinski definition) is 5. The van der Waals surface area contributed by atoms with Crippen LogP contribution in [0.5, 0.6) is 0 Å². The predicted molar refractivity (Wildman–Crippen MR) is 51.4 cm³/mol. The zero-order valence-electron chi connectivity index (χ0n) is 8.93. The van der Waals surface area contributed by atoms with Gasteiger partial charge in [0.1, 0.15) is 24.4 Å². The molecule has 1 rings (SSSR count). The van der Waals surface area contributed by atoms with Crippen molar-refractivity contribution < 1.29 is 35.0 Å². The van der Waals surface area contributed by atoms with Crippen molar-refractivity contribution in [2.24, 2.45) is 0 Å². The van der Waals surface area contributed by atoms with Gasteiger partial charge in [0.05, 0.1) is 19.3 Å². The lowest BCUT2D eigenvalue weighted by Crippen LogP contribution is -2.59. The van der Waals surface area contributed by atoms with Crippen LogP contribution >= 0.6 is 0 Å². The Hall–Kier alpha value is -0.280. The van der Waals surface area contributed by atoms with Gasteiger partial charge in [-0.15, -0.1) is 0 Å². The molecule has 3 unspecified atom stereocenters. The molecule has 0 radical (unpaired) electrons. The predicted octanol–water partition coefficient (Wildman–Crippen LogP) is -2.82. The third-order valence-electron chi connectivity index (χ3n) is 2.47. The fourth-order valence-electron chi connectivity index (χ4n) is 1.45. The Morgan fingerprint density at radius 1 is 1.12 bits per heavy atom. The van der Waals surface area contributed by atoms with Crippen LogP contribution in [0, 0.1) is 0 Å². The standard InChI is InChI=1S/C9H18O7/c1-4(2-10)15-9-8(14)7(13)6(12)5(3-11)16-9/h4-14H,2-3H2,1H3/t4?,5?,6-,7?,8+,9-/m1/s1. The molecule has 6 atom stereocenters. The Labute approximate surface area is 92.9 Å². The molecule has 0 spiro atoms. The number of aliphatic hydroxyl groups excluding tert-OH is 5. The fraction of sp³-hybridized carbons (Fsp3) is 1.00. The molecule has 96 valence electrons. The van der Waals surface area contributed by atoms with Gasteiger partial charge < -0.3 is 35.0 Å². The molecule has 0 aromatic rings. The van der Waals surface area contributed by atoms with Crippen LogP contribution in [0.25, 0.3) is 0 Å². The Kier molecular flexibility index (Phi) is 5.06. The van der Waals surface area contributed by atoms with Crippen molar-refractivity contribution in [3.05, 3.63) is 0 Å². The summed E-state index contributed by atoms with van der Waals surface area (Å²) in [5.41, 5.74) is 0. The summed E-state index contributed by atoms with van der Waals surface area (Å²) in [6, 6.07) is 0. The van der Waals surface area contributed by atoms with E-state index < -0.39 is 43.4 Å². The maximum Gasteiger partial charge on any atom is 0.187 e. The van der Waals surface area contributed by atoms with Gasteiger partial charge in [-0.1, -0.05) is 0 Å². The van der Waals surface area contributed by atoms with Crippen LogP contribution in [0.1, 0.15) is 6.92 Å². The summed E-state index contributed by atoms with van der Waals surface area (Å²) >= 11 is 0. The van der Waals surface area contributed by atoms with Crippen molar-refractivity contribution in [1.29, 1.82) is 0 Å². The lowest BCUT2D eigenvalue weighted by molar-refractivity contribution is -0.311. The van der Waals surface area contributed by atoms with E-state index in [9.17, 15) is 15.3 Å². The summed E-state index contributed by atoms with van der Waals surface area (Å²) in [5.74, 6) is 0. The highest BCUT2D eigenvalue weighted by Gasteiger charge is 2.44. The average Bonchev–Trinajstić information content (AvgIpc) is 2.29. The summed E-state index contributed by atoms with van der Waals surface area (Å²) in [5, 5.41) is 46.1. The zero-order chi connectivity index (χ0) is 12.3. The molecule has 16 heavy (non-hydrogen) atoms. The van der Waals surface area contributed by atoms with E-state index in [2.05, 4.69) is 0 Å². The topological polar surface area (TPSA) is 120 Å². The third kappa shape index (κ3) is 2.89. The Balaban J connectivity index is 2.63. The van der Waals surface area contributed by atoms with Crippen molar-refractivity contribution >= 4 is 0 Å². The highest BCUT2D eigenvalue weighted by atomic mass is 16.7. The van der Waals surface area contributed by atoms with E-state index in [1.807, 2.05) is 0 Å². The van der Waals surface area contributed by atoms with Crippen molar-refractivity contribution in [2.45, 2.75) is 43.7 Å². The molecule has 1 fully saturated rings. The highest BCUT2D eigenvalue weighted by Crippen LogP contribution is 2.22. The monoisotopic (exact) mass is 238 g/mol. The molecule has 0 amide bonds. The zero-order valence-corrected chi connectivity index (χ0v) is 8.93. The Morgan fingerprint density at radius 2 is 1.75 bits per heavy atom. The fourth-order valence-corrected chi connectivity index (χ4v) is 1.45. The Morgan fingerprint density at radius 3 is 2.25 bits per heavy atom. The molecule has 1 heterocycles. The molecular weight excluding hydrogens is 220 g/mol. The van der Waals surface area contributed by atoms with E-state index in [1.54, 1.807) is 6.92 Å². The molecule has 5 N–H and O–H groups in total. The first-order valence-corrected chi connectivity index (χ1v) is 5.08. The summed E-state index contributed by atoms with van der Waals surface area (Å²) in [7, 11) is 0. The molecule has 7 nitrogen and oxygen atoms in total. The summed E-state index contributed by atoms with van der Waals surface area (Å²) < 4.78 is 10.2. The minimum atomic E-state index is -1.46. The maximum absolute atomic E-state index is 9.54. The smallest absolute Gasteiger partial charge is 0.187 e. The molecule has 1 saturated heterocycles. The normalized spacial score (nSPS) is 42.0. The van der Waals surface area contributed by atoms with Gasteiger partial charge in [-0.25, -0.2) is 0 Å². The third-order valence-corrected chi connectivity index (χ3v) is 2.47. The molecule has 1 aliphatic heterocycles. The lowest BCUT2D eigenvalue weighted by atomic mass is 9.99. The van der Waals surface area contributed by atoms with Crippen molar-refractivity contribution in [3.8, 4) is 0 Å². The van der Waals surface area contributed by atoms with Crippen LogP contribution in [-0.2, 0) is 9.47 Å². The van der Waals surface area contributed by atoms with Gasteiger partial charge in [0.25, 0.3) is 0 Å². The van der Waals surface area contributed by atoms with E-state index in [-0.39, 0.29) is 6.61 Å². The molecular formula is C9H18O7. The summed E-state index contributed by atoms with van der Waals surface area (Å²) in [4.78, 5) is 0. The van der Waals surface area contributed by atoms with Crippen LogP contribution in [0.3, 0.4) is 0 Å². The summed E-state index contributed by atoms with van der Waals surface area (Å²) in [6.07, 6.45) is -7.04. The molecule has 0 saturated carbocycles. The molecule has 0 bridgehead atoms. The molecule has 0 aromatic heterocycles. The average molecular weight is 238 g/mol. The molecule has 1 aliphatic rings. The van der Waals surface area contributed by atoms with Gasteiger partial charge in [-0.05, 0) is 6.92 Å². The van der Waals surface area contributed by atoms with E-state index in [1.165, 1.54) is 0 Å². The minimum absolute atomic E-state index is 0.269. The van der Waals surface area contributed by atoms with Crippen LogP contribution in [-0.4, -0.2) is 75.6 Å². The second-order valence-corrected chi connectivity index (χ2v) is 3.83. The minimum Gasteiger partial charge on any atom is -0.394 e. The van der Waals surface area contributed by atoms with Crippen molar-refractivity contribution in [2.75, 3.05) is 13.2 Å². The van der Waals surface area contributed by atoms with E-state index in [0.717, 1.165) is 0 Å². The maximum atomic E-state index is 9.54. The second-order valence-electron chi connectivity index (χ2n) is 3.83. The van der Waals surface area contributed by atoms with Crippen LogP contribution in [0.4, 0.5) is 0 Å². The van der Waals surface area contributed by atoms with Crippen molar-refractivity contribution in [1.82, 2.24) is 0 Å². The lowest BCUT2D eigenvalue weighted by Gasteiger charge is -2.40. The second kappa shape index (κ2) is 5.87. The number of hydrogen-bond acceptors (Lipinski definition) is 7. The number of ether oxygens (including phenoxy) is 2. The van der Waals surface area contributed by atoms with Gasteiger partial charge >= 0.3 is 0 Å². The van der Waals surface area contributed by atoms with E-state index in [4.69, 9.17) is 19.7 Å². The van der Waals surface area contributed by atoms with Gasteiger partial charge in [-0.2, -0.15) is 0 Å². The first-order chi connectivity index (χ1) is 7.51. The van der Waals surface area contributed by atoms with Gasteiger partial charge in [0.15, 0.2) is 6.29 Å². The first-order valence-electron chi connectivity index (χ1n) is 5.08. The van der Waals surface area contributed by atoms with E-state index in [0.29, 0.717) is 0 Å². The van der Waals surface area contributed by atoms with Gasteiger partial charge in [0.2, 0.25) is 0 Å². The first kappa shape index (κ1) is 13.8. The molecule has 7 heteroatoms. The van der Waals surface area contributed by atoms with Gasteiger partial charge in [0, 0.05) is 0 Å². The highest BCUT2D eigenvalue weighted by molar-refractivity contribution is 4.89. The van der Waals surface area contributed by atoms with Crippen LogP contribution < -0.4 is 0 Å². The van der Waals surface area contributed by atoms with Crippen LogP contribution in [0.2, 0.25) is 0 Å². The molecule has 0 aliphatic carbocycles. The Bertz CT molecular complexity index is 210. The SMILES string of the molecule is CC(CO)O[C@@H]1OC(CO)[C@@H](O)C(O)[C@@H]1O. The van der Waals surface area contributed by atoms with E-state index >= 15 is 0 Å². The summed E-state index contributed by atoms with van der Waals surface area (Å²) in [6.45, 7) is 0.786. The van der Waals surface area contributed by atoms with Gasteiger partial charge in [-0.3, -0.25) is 0 Å². The number of aliphatic hydroxyl groups is 5. The quantitative estimate of drug-likeness (QED) is 0.358. The molecule has 0 aromatic carbocycles. The van der Waals surface area contributed by atoms with Crippen LogP contribution in [0.15, 0.2) is 0 Å². The number of rotatable bonds is 4. The largest absolute Gasteiger partial charge is 0.394 e. The van der Waals surface area contributed by atoms with Crippen molar-refractivity contribution in [3.63, 3.8) is 0 Å².